The van der Waals surface area contributed by atoms with Gasteiger partial charge in [0.05, 0.1) is 12.6 Å². The van der Waals surface area contributed by atoms with Gasteiger partial charge in [-0.05, 0) is 47.5 Å². The zero-order chi connectivity index (χ0) is 26.9. The smallest absolute Gasteiger partial charge is 0.221 e. The number of nitrogens with zero attached hydrogens (tertiary/aromatic N) is 3. The van der Waals surface area contributed by atoms with Crippen LogP contribution in [0.5, 0.6) is 0 Å². The van der Waals surface area contributed by atoms with Gasteiger partial charge in [-0.25, -0.2) is 0 Å². The molecule has 0 radical (unpaired) electrons. The number of anilines is 1. The van der Waals surface area contributed by atoms with Crippen molar-refractivity contribution < 1.29 is 4.79 Å². The number of hydrogen-bond donors (Lipinski definition) is 2. The lowest BCUT2D eigenvalue weighted by Crippen LogP contribution is -2.29. The summed E-state index contributed by atoms with van der Waals surface area (Å²) in [4.78, 5) is 13.0. The monoisotopic (exact) mass is 553 g/mol. The average Bonchev–Trinajstić information content (AvgIpc) is 3.39. The molecular weight excluding hydrogens is 526 g/mol. The van der Waals surface area contributed by atoms with Gasteiger partial charge in [0, 0.05) is 28.6 Å². The molecule has 196 valence electrons. The maximum absolute atomic E-state index is 13.0. The Morgan fingerprint density at radius 1 is 0.795 bits per heavy atom. The summed E-state index contributed by atoms with van der Waals surface area (Å²) < 4.78 is 2.03. The summed E-state index contributed by atoms with van der Waals surface area (Å²) >= 11 is 7.53. The molecule has 0 atom stereocenters. The van der Waals surface area contributed by atoms with Crippen molar-refractivity contribution in [3.05, 3.63) is 137 Å². The summed E-state index contributed by atoms with van der Waals surface area (Å²) in [5.74, 6) is 1.32. The lowest BCUT2D eigenvalue weighted by molar-refractivity contribution is -0.121. The minimum absolute atomic E-state index is 0.0180. The first-order valence-corrected chi connectivity index (χ1v) is 14.0. The Labute approximate surface area is 237 Å². The van der Waals surface area contributed by atoms with Crippen LogP contribution in [0.3, 0.4) is 0 Å². The second kappa shape index (κ2) is 13.1. The largest absolute Gasteiger partial charge is 0.378 e. The summed E-state index contributed by atoms with van der Waals surface area (Å²) in [7, 11) is 0. The maximum atomic E-state index is 13.0. The Bertz CT molecular complexity index is 1440. The molecule has 39 heavy (non-hydrogen) atoms. The molecule has 1 heterocycles. The number of carbonyl (C=O) groups is 1. The van der Waals surface area contributed by atoms with Crippen LogP contribution in [-0.2, 0) is 11.3 Å². The fourth-order valence-electron chi connectivity index (χ4n) is 4.21. The van der Waals surface area contributed by atoms with Crippen molar-refractivity contribution in [2.75, 3.05) is 11.1 Å². The second-order valence-electron chi connectivity index (χ2n) is 8.85. The van der Waals surface area contributed by atoms with Gasteiger partial charge in [0.25, 0.3) is 0 Å². The van der Waals surface area contributed by atoms with Crippen molar-refractivity contribution in [3.63, 3.8) is 0 Å². The Kier molecular flexibility index (Phi) is 8.94. The molecule has 1 aromatic heterocycles. The standard InChI is InChI=1S/C31H28ClN5OS/c32-25-16-18-26(19-17-25)33-22-28-35-36-31(37(28)27-14-8-3-9-15-27)39-21-20-29(38)34-30(23-10-4-1-5-11-23)24-12-6-2-7-13-24/h1-19,30,33H,20-22H2,(H,34,38). The number of aromatic nitrogens is 3. The van der Waals surface area contributed by atoms with Crippen LogP contribution in [0.1, 0.15) is 29.4 Å². The van der Waals surface area contributed by atoms with Crippen LogP contribution in [0, 0.1) is 0 Å². The van der Waals surface area contributed by atoms with Crippen molar-refractivity contribution >= 4 is 35.0 Å². The molecule has 6 nitrogen and oxygen atoms in total. The summed E-state index contributed by atoms with van der Waals surface area (Å²) in [5.41, 5.74) is 4.01. The number of thioether (sulfide) groups is 1. The van der Waals surface area contributed by atoms with Crippen LogP contribution < -0.4 is 10.6 Å². The number of rotatable bonds is 11. The Morgan fingerprint density at radius 3 is 2.00 bits per heavy atom. The third-order valence-corrected chi connectivity index (χ3v) is 7.32. The highest BCUT2D eigenvalue weighted by molar-refractivity contribution is 7.99. The summed E-state index contributed by atoms with van der Waals surface area (Å²) in [5, 5.41) is 16.9. The van der Waals surface area contributed by atoms with E-state index in [-0.39, 0.29) is 11.9 Å². The van der Waals surface area contributed by atoms with Gasteiger partial charge in [-0.1, -0.05) is 102 Å². The van der Waals surface area contributed by atoms with Gasteiger partial charge >= 0.3 is 0 Å². The first kappa shape index (κ1) is 26.5. The number of hydrogen-bond acceptors (Lipinski definition) is 5. The number of carbonyl (C=O) groups excluding carboxylic acids is 1. The lowest BCUT2D eigenvalue weighted by atomic mass is 9.98. The van der Waals surface area contributed by atoms with E-state index in [4.69, 9.17) is 11.6 Å². The molecule has 0 saturated heterocycles. The van der Waals surface area contributed by atoms with Gasteiger partial charge in [-0.3, -0.25) is 9.36 Å². The fraction of sp³-hybridized carbons (Fsp3) is 0.129. The highest BCUT2D eigenvalue weighted by Crippen LogP contribution is 2.25. The quantitative estimate of drug-likeness (QED) is 0.174. The zero-order valence-electron chi connectivity index (χ0n) is 21.2. The van der Waals surface area contributed by atoms with Crippen LogP contribution in [0.15, 0.2) is 120 Å². The molecule has 0 spiro atoms. The summed E-state index contributed by atoms with van der Waals surface area (Å²) in [6.45, 7) is 0.487. The van der Waals surface area contributed by atoms with Crippen LogP contribution in [0.25, 0.3) is 5.69 Å². The van der Waals surface area contributed by atoms with E-state index in [0.717, 1.165) is 33.5 Å². The number of benzene rings is 4. The first-order valence-electron chi connectivity index (χ1n) is 12.7. The molecule has 0 aliphatic carbocycles. The van der Waals surface area contributed by atoms with E-state index in [1.54, 1.807) is 0 Å². The lowest BCUT2D eigenvalue weighted by Gasteiger charge is -2.20. The highest BCUT2D eigenvalue weighted by Gasteiger charge is 2.18. The van der Waals surface area contributed by atoms with E-state index in [1.807, 2.05) is 120 Å². The molecule has 0 bridgehead atoms. The molecule has 0 aliphatic heterocycles. The summed E-state index contributed by atoms with van der Waals surface area (Å²) in [6, 6.07) is 37.4. The molecule has 0 fully saturated rings. The van der Waals surface area contributed by atoms with Crippen LogP contribution >= 0.6 is 23.4 Å². The van der Waals surface area contributed by atoms with E-state index in [2.05, 4.69) is 20.8 Å². The van der Waals surface area contributed by atoms with Crippen LogP contribution in [0.4, 0.5) is 5.69 Å². The molecule has 0 saturated carbocycles. The van der Waals surface area contributed by atoms with Gasteiger partial charge in [0.2, 0.25) is 5.91 Å². The SMILES string of the molecule is O=C(CCSc1nnc(CNc2ccc(Cl)cc2)n1-c1ccccc1)NC(c1ccccc1)c1ccccc1. The molecular formula is C31H28ClN5OS. The first-order chi connectivity index (χ1) is 19.2. The Hall–Kier alpha value is -4.07. The highest BCUT2D eigenvalue weighted by atomic mass is 35.5. The molecule has 2 N–H and O–H groups in total. The Balaban J connectivity index is 1.26. The predicted octanol–water partition coefficient (Wildman–Crippen LogP) is 6.92. The average molecular weight is 554 g/mol. The summed E-state index contributed by atoms with van der Waals surface area (Å²) in [6.07, 6.45) is 0.348. The van der Waals surface area contributed by atoms with Crippen molar-refractivity contribution in [1.82, 2.24) is 20.1 Å². The fourth-order valence-corrected chi connectivity index (χ4v) is 5.25. The van der Waals surface area contributed by atoms with Gasteiger partial charge in [-0.2, -0.15) is 0 Å². The normalized spacial score (nSPS) is 10.9. The molecule has 4 aromatic carbocycles. The van der Waals surface area contributed by atoms with Gasteiger partial charge in [0.1, 0.15) is 0 Å². The molecule has 5 rings (SSSR count). The van der Waals surface area contributed by atoms with Crippen molar-refractivity contribution in [1.29, 1.82) is 0 Å². The van der Waals surface area contributed by atoms with Crippen molar-refractivity contribution in [3.8, 4) is 5.69 Å². The predicted molar refractivity (Wildman–Crippen MR) is 158 cm³/mol. The molecule has 1 amide bonds. The van der Waals surface area contributed by atoms with E-state index >= 15 is 0 Å². The van der Waals surface area contributed by atoms with Crippen molar-refractivity contribution in [2.24, 2.45) is 0 Å². The number of amides is 1. The second-order valence-corrected chi connectivity index (χ2v) is 10.3. The minimum Gasteiger partial charge on any atom is -0.378 e. The molecule has 8 heteroatoms. The van der Waals surface area contributed by atoms with E-state index in [0.29, 0.717) is 23.7 Å². The van der Waals surface area contributed by atoms with Gasteiger partial charge < -0.3 is 10.6 Å². The van der Waals surface area contributed by atoms with E-state index in [9.17, 15) is 4.79 Å². The molecule has 5 aromatic rings. The van der Waals surface area contributed by atoms with Gasteiger partial charge in [0.15, 0.2) is 11.0 Å². The van der Waals surface area contributed by atoms with Crippen LogP contribution in [0.2, 0.25) is 5.02 Å². The van der Waals surface area contributed by atoms with E-state index < -0.39 is 0 Å². The van der Waals surface area contributed by atoms with Gasteiger partial charge in [-0.15, -0.1) is 10.2 Å². The number of halogens is 1. The maximum Gasteiger partial charge on any atom is 0.221 e. The third-order valence-electron chi connectivity index (χ3n) is 6.14. The van der Waals surface area contributed by atoms with Crippen LogP contribution in [-0.4, -0.2) is 26.4 Å². The van der Waals surface area contributed by atoms with Crippen molar-refractivity contribution in [2.45, 2.75) is 24.2 Å². The number of nitrogens with one attached hydrogen (secondary N) is 2. The third kappa shape index (κ3) is 7.07. The minimum atomic E-state index is -0.205. The van der Waals surface area contributed by atoms with E-state index in [1.165, 1.54) is 11.8 Å². The molecule has 0 unspecified atom stereocenters. The Morgan fingerprint density at radius 2 is 1.38 bits per heavy atom. The zero-order valence-corrected chi connectivity index (χ0v) is 22.8. The topological polar surface area (TPSA) is 71.8 Å². The molecule has 0 aliphatic rings. The number of para-hydroxylation sites is 1.